The lowest BCUT2D eigenvalue weighted by Gasteiger charge is -2.04. The Balaban J connectivity index is 2.56. The van der Waals surface area contributed by atoms with E-state index in [4.69, 9.17) is 9.47 Å². The molecular formula is C14H18O3. The maximum absolute atomic E-state index is 11.3. The lowest BCUT2D eigenvalue weighted by Crippen LogP contribution is -2.08. The first kappa shape index (κ1) is 13.3. The van der Waals surface area contributed by atoms with Crippen LogP contribution in [-0.4, -0.2) is 18.7 Å². The van der Waals surface area contributed by atoms with E-state index >= 15 is 0 Å². The lowest BCUT2D eigenvalue weighted by atomic mass is 10.2. The fourth-order valence-corrected chi connectivity index (χ4v) is 1.28. The van der Waals surface area contributed by atoms with Gasteiger partial charge in [-0.25, -0.2) is 4.79 Å². The second-order valence-electron chi connectivity index (χ2n) is 3.82. The number of carbonyl (C=O) groups excluding carboxylic acids is 1. The van der Waals surface area contributed by atoms with Gasteiger partial charge in [0.05, 0.1) is 12.7 Å². The zero-order chi connectivity index (χ0) is 12.7. The second-order valence-corrected chi connectivity index (χ2v) is 3.82. The Morgan fingerprint density at radius 3 is 2.47 bits per heavy atom. The molecule has 0 atom stereocenters. The van der Waals surface area contributed by atoms with Crippen LogP contribution in [0.2, 0.25) is 0 Å². The molecule has 0 N–H and O–H groups in total. The molecule has 0 aromatic heterocycles. The van der Waals surface area contributed by atoms with Crippen LogP contribution in [0.1, 0.15) is 26.3 Å². The SMILES string of the molecule is CCOc1ccc(/C=C/C(=O)OC(C)C)cc1. The van der Waals surface area contributed by atoms with Crippen LogP contribution in [0.3, 0.4) is 0 Å². The van der Waals surface area contributed by atoms with Crippen LogP contribution in [0.5, 0.6) is 5.75 Å². The summed E-state index contributed by atoms with van der Waals surface area (Å²) >= 11 is 0. The lowest BCUT2D eigenvalue weighted by molar-refractivity contribution is -0.141. The Hall–Kier alpha value is -1.77. The van der Waals surface area contributed by atoms with Gasteiger partial charge in [0, 0.05) is 6.08 Å². The van der Waals surface area contributed by atoms with Gasteiger partial charge in [0.2, 0.25) is 0 Å². The third-order valence-electron chi connectivity index (χ3n) is 1.95. The molecule has 1 rings (SSSR count). The summed E-state index contributed by atoms with van der Waals surface area (Å²) in [4.78, 5) is 11.3. The summed E-state index contributed by atoms with van der Waals surface area (Å²) in [6.45, 7) is 6.23. The maximum atomic E-state index is 11.3. The van der Waals surface area contributed by atoms with E-state index in [9.17, 15) is 4.79 Å². The highest BCUT2D eigenvalue weighted by Gasteiger charge is 1.99. The Kier molecular flexibility index (Phi) is 5.27. The van der Waals surface area contributed by atoms with Crippen molar-refractivity contribution >= 4 is 12.0 Å². The van der Waals surface area contributed by atoms with Crippen LogP contribution in [0.4, 0.5) is 0 Å². The number of hydrogen-bond donors (Lipinski definition) is 0. The van der Waals surface area contributed by atoms with Crippen LogP contribution in [0, 0.1) is 0 Å². The molecule has 0 radical (unpaired) electrons. The van der Waals surface area contributed by atoms with Crippen LogP contribution in [0.25, 0.3) is 6.08 Å². The molecular weight excluding hydrogens is 216 g/mol. The van der Waals surface area contributed by atoms with E-state index < -0.39 is 0 Å². The molecule has 0 saturated heterocycles. The van der Waals surface area contributed by atoms with Crippen molar-refractivity contribution in [1.82, 2.24) is 0 Å². The minimum atomic E-state index is -0.325. The molecule has 1 aromatic rings. The minimum Gasteiger partial charge on any atom is -0.494 e. The van der Waals surface area contributed by atoms with Gasteiger partial charge in [0.1, 0.15) is 5.75 Å². The van der Waals surface area contributed by atoms with Gasteiger partial charge in [0.25, 0.3) is 0 Å². The number of benzene rings is 1. The first-order valence-electron chi connectivity index (χ1n) is 5.73. The van der Waals surface area contributed by atoms with E-state index in [1.54, 1.807) is 6.08 Å². The summed E-state index contributed by atoms with van der Waals surface area (Å²) in [7, 11) is 0. The molecule has 1 aromatic carbocycles. The quantitative estimate of drug-likeness (QED) is 0.580. The van der Waals surface area contributed by atoms with Crippen LogP contribution >= 0.6 is 0 Å². The van der Waals surface area contributed by atoms with E-state index in [-0.39, 0.29) is 12.1 Å². The number of hydrogen-bond acceptors (Lipinski definition) is 3. The van der Waals surface area contributed by atoms with Crippen LogP contribution in [-0.2, 0) is 9.53 Å². The van der Waals surface area contributed by atoms with Gasteiger partial charge in [-0.05, 0) is 44.5 Å². The molecule has 0 amide bonds. The van der Waals surface area contributed by atoms with Gasteiger partial charge >= 0.3 is 5.97 Å². The Morgan fingerprint density at radius 2 is 1.94 bits per heavy atom. The molecule has 0 saturated carbocycles. The van der Waals surface area contributed by atoms with Gasteiger partial charge in [-0.1, -0.05) is 12.1 Å². The van der Waals surface area contributed by atoms with Crippen molar-refractivity contribution in [2.75, 3.05) is 6.61 Å². The van der Waals surface area contributed by atoms with E-state index in [0.29, 0.717) is 6.61 Å². The summed E-state index contributed by atoms with van der Waals surface area (Å²) < 4.78 is 10.3. The highest BCUT2D eigenvalue weighted by atomic mass is 16.5. The molecule has 0 aliphatic heterocycles. The summed E-state index contributed by atoms with van der Waals surface area (Å²) in [6.07, 6.45) is 3.06. The first-order chi connectivity index (χ1) is 8.11. The second kappa shape index (κ2) is 6.74. The largest absolute Gasteiger partial charge is 0.494 e. The zero-order valence-corrected chi connectivity index (χ0v) is 10.5. The molecule has 0 unspecified atom stereocenters. The van der Waals surface area contributed by atoms with Gasteiger partial charge in [-0.2, -0.15) is 0 Å². The first-order valence-corrected chi connectivity index (χ1v) is 5.73. The van der Waals surface area contributed by atoms with E-state index in [1.807, 2.05) is 45.0 Å². The molecule has 0 bridgehead atoms. The highest BCUT2D eigenvalue weighted by Crippen LogP contribution is 2.13. The molecule has 17 heavy (non-hydrogen) atoms. The molecule has 0 aliphatic rings. The number of carbonyl (C=O) groups is 1. The highest BCUT2D eigenvalue weighted by molar-refractivity contribution is 5.87. The Bertz CT molecular complexity index is 377. The van der Waals surface area contributed by atoms with Crippen molar-refractivity contribution in [3.05, 3.63) is 35.9 Å². The molecule has 0 aliphatic carbocycles. The van der Waals surface area contributed by atoms with E-state index in [0.717, 1.165) is 11.3 Å². The average molecular weight is 234 g/mol. The molecule has 0 spiro atoms. The predicted molar refractivity (Wildman–Crippen MR) is 67.9 cm³/mol. The Labute approximate surface area is 102 Å². The van der Waals surface area contributed by atoms with Gasteiger partial charge in [-0.15, -0.1) is 0 Å². The minimum absolute atomic E-state index is 0.0903. The van der Waals surface area contributed by atoms with Crippen molar-refractivity contribution in [1.29, 1.82) is 0 Å². The topological polar surface area (TPSA) is 35.5 Å². The standard InChI is InChI=1S/C14H18O3/c1-4-16-13-8-5-12(6-9-13)7-10-14(15)17-11(2)3/h5-11H,4H2,1-3H3/b10-7+. The number of esters is 1. The van der Waals surface area contributed by atoms with Crippen molar-refractivity contribution in [3.63, 3.8) is 0 Å². The monoisotopic (exact) mass is 234 g/mol. The van der Waals surface area contributed by atoms with Crippen molar-refractivity contribution in [2.24, 2.45) is 0 Å². The molecule has 3 heteroatoms. The molecule has 0 heterocycles. The van der Waals surface area contributed by atoms with Crippen molar-refractivity contribution in [2.45, 2.75) is 26.9 Å². The normalized spacial score (nSPS) is 10.8. The molecule has 0 fully saturated rings. The van der Waals surface area contributed by atoms with Crippen LogP contribution in [0.15, 0.2) is 30.3 Å². The summed E-state index contributed by atoms with van der Waals surface area (Å²) in [5, 5.41) is 0. The van der Waals surface area contributed by atoms with Gasteiger partial charge in [0.15, 0.2) is 0 Å². The molecule has 3 nitrogen and oxygen atoms in total. The maximum Gasteiger partial charge on any atom is 0.331 e. The third kappa shape index (κ3) is 5.20. The fourth-order valence-electron chi connectivity index (χ4n) is 1.28. The van der Waals surface area contributed by atoms with Crippen LogP contribution < -0.4 is 4.74 Å². The number of rotatable bonds is 5. The van der Waals surface area contributed by atoms with Crippen molar-refractivity contribution < 1.29 is 14.3 Å². The average Bonchev–Trinajstić information content (AvgIpc) is 2.28. The van der Waals surface area contributed by atoms with Crippen molar-refractivity contribution in [3.8, 4) is 5.75 Å². The van der Waals surface area contributed by atoms with E-state index in [1.165, 1.54) is 6.08 Å². The molecule has 92 valence electrons. The summed E-state index contributed by atoms with van der Waals surface area (Å²) in [5.41, 5.74) is 0.939. The fraction of sp³-hybridized carbons (Fsp3) is 0.357. The third-order valence-corrected chi connectivity index (χ3v) is 1.95. The summed E-state index contributed by atoms with van der Waals surface area (Å²) in [5.74, 6) is 0.503. The van der Waals surface area contributed by atoms with Gasteiger partial charge < -0.3 is 9.47 Å². The van der Waals surface area contributed by atoms with Gasteiger partial charge in [-0.3, -0.25) is 0 Å². The predicted octanol–water partition coefficient (Wildman–Crippen LogP) is 3.05. The summed E-state index contributed by atoms with van der Waals surface area (Å²) in [6, 6.07) is 7.53. The number of ether oxygens (including phenoxy) is 2. The zero-order valence-electron chi connectivity index (χ0n) is 10.5. The smallest absolute Gasteiger partial charge is 0.331 e. The Morgan fingerprint density at radius 1 is 1.29 bits per heavy atom. The van der Waals surface area contributed by atoms with E-state index in [2.05, 4.69) is 0 Å².